The van der Waals surface area contributed by atoms with E-state index in [1.165, 1.54) is 0 Å². The van der Waals surface area contributed by atoms with Crippen LogP contribution < -0.4 is 10.1 Å². The minimum Gasteiger partial charge on any atom is -0.496 e. The molecule has 2 aromatic heterocycles. The predicted molar refractivity (Wildman–Crippen MR) is 103 cm³/mol. The third kappa shape index (κ3) is 3.76. The lowest BCUT2D eigenvalue weighted by atomic mass is 10.1. The standard InChI is InChI=1S/C18H21N3OS2/c1-11(2)19-18-20-12(3)17(24-18)14-10-23-16(21-14)9-13-7-5-6-8-15(13)22-4/h5-8,10-11H,9H2,1-4H3,(H,19,20). The Morgan fingerprint density at radius 2 is 2.00 bits per heavy atom. The van der Waals surface area contributed by atoms with Gasteiger partial charge in [0.05, 0.1) is 28.4 Å². The number of hydrogen-bond donors (Lipinski definition) is 1. The molecule has 3 rings (SSSR count). The van der Waals surface area contributed by atoms with Gasteiger partial charge in [0, 0.05) is 23.4 Å². The van der Waals surface area contributed by atoms with E-state index < -0.39 is 0 Å². The average molecular weight is 360 g/mol. The molecule has 0 radical (unpaired) electrons. The van der Waals surface area contributed by atoms with E-state index in [2.05, 4.69) is 35.6 Å². The summed E-state index contributed by atoms with van der Waals surface area (Å²) in [5.41, 5.74) is 3.19. The number of nitrogens with zero attached hydrogens (tertiary/aromatic N) is 2. The highest BCUT2D eigenvalue weighted by Gasteiger charge is 2.14. The summed E-state index contributed by atoms with van der Waals surface area (Å²) in [5.74, 6) is 0.909. The summed E-state index contributed by atoms with van der Waals surface area (Å²) in [4.78, 5) is 10.5. The quantitative estimate of drug-likeness (QED) is 0.673. The van der Waals surface area contributed by atoms with Gasteiger partial charge >= 0.3 is 0 Å². The molecular formula is C18H21N3OS2. The van der Waals surface area contributed by atoms with Gasteiger partial charge in [-0.2, -0.15) is 0 Å². The molecule has 0 saturated heterocycles. The van der Waals surface area contributed by atoms with Gasteiger partial charge in [0.1, 0.15) is 5.75 Å². The maximum Gasteiger partial charge on any atom is 0.183 e. The van der Waals surface area contributed by atoms with Gasteiger partial charge in [0.25, 0.3) is 0 Å². The minimum atomic E-state index is 0.375. The van der Waals surface area contributed by atoms with Gasteiger partial charge in [-0.3, -0.25) is 0 Å². The van der Waals surface area contributed by atoms with Gasteiger partial charge in [-0.15, -0.1) is 11.3 Å². The highest BCUT2D eigenvalue weighted by molar-refractivity contribution is 7.19. The molecule has 0 aliphatic rings. The first-order valence-electron chi connectivity index (χ1n) is 7.87. The number of nitrogens with one attached hydrogen (secondary N) is 1. The zero-order valence-corrected chi connectivity index (χ0v) is 15.9. The Morgan fingerprint density at radius 1 is 1.21 bits per heavy atom. The fourth-order valence-electron chi connectivity index (χ4n) is 2.45. The molecule has 0 bridgehead atoms. The van der Waals surface area contributed by atoms with Crippen molar-refractivity contribution >= 4 is 27.8 Å². The number of ether oxygens (including phenoxy) is 1. The largest absolute Gasteiger partial charge is 0.496 e. The minimum absolute atomic E-state index is 0.375. The lowest BCUT2D eigenvalue weighted by molar-refractivity contribution is 0.410. The number of aryl methyl sites for hydroxylation is 1. The van der Waals surface area contributed by atoms with E-state index in [1.54, 1.807) is 29.8 Å². The Morgan fingerprint density at radius 3 is 2.75 bits per heavy atom. The van der Waals surface area contributed by atoms with E-state index in [1.807, 2.05) is 25.1 Å². The predicted octanol–water partition coefficient (Wildman–Crippen LogP) is 4.99. The zero-order chi connectivity index (χ0) is 17.1. The van der Waals surface area contributed by atoms with Gasteiger partial charge in [-0.05, 0) is 26.8 Å². The Hall–Kier alpha value is -1.92. The van der Waals surface area contributed by atoms with Crippen molar-refractivity contribution in [3.8, 4) is 16.3 Å². The summed E-state index contributed by atoms with van der Waals surface area (Å²) in [6.07, 6.45) is 0.781. The van der Waals surface area contributed by atoms with E-state index in [-0.39, 0.29) is 0 Å². The van der Waals surface area contributed by atoms with Crippen LogP contribution in [0.2, 0.25) is 0 Å². The molecule has 1 N–H and O–H groups in total. The molecule has 0 unspecified atom stereocenters. The Bertz CT molecular complexity index is 823. The molecule has 0 aliphatic heterocycles. The molecule has 0 atom stereocenters. The third-order valence-corrected chi connectivity index (χ3v) is 5.49. The summed E-state index contributed by atoms with van der Waals surface area (Å²) < 4.78 is 5.43. The lowest BCUT2D eigenvalue weighted by Gasteiger charge is -2.05. The van der Waals surface area contributed by atoms with Gasteiger partial charge < -0.3 is 10.1 Å². The molecule has 0 aliphatic carbocycles. The van der Waals surface area contributed by atoms with Crippen LogP contribution in [-0.2, 0) is 6.42 Å². The van der Waals surface area contributed by atoms with Gasteiger partial charge in [0.15, 0.2) is 5.13 Å². The second-order valence-electron chi connectivity index (χ2n) is 5.85. The SMILES string of the molecule is COc1ccccc1Cc1nc(-c2sc(NC(C)C)nc2C)cs1. The summed E-state index contributed by atoms with van der Waals surface area (Å²) in [5, 5.41) is 7.52. The van der Waals surface area contributed by atoms with E-state index >= 15 is 0 Å². The summed E-state index contributed by atoms with van der Waals surface area (Å²) in [6.45, 7) is 6.27. The molecule has 4 nitrogen and oxygen atoms in total. The first kappa shape index (κ1) is 16.9. The van der Waals surface area contributed by atoms with Crippen LogP contribution in [0, 0.1) is 6.92 Å². The lowest BCUT2D eigenvalue weighted by Crippen LogP contribution is -2.08. The molecule has 0 spiro atoms. The molecule has 126 valence electrons. The van der Waals surface area contributed by atoms with Gasteiger partial charge in [-0.1, -0.05) is 29.5 Å². The summed E-state index contributed by atoms with van der Waals surface area (Å²) >= 11 is 3.35. The number of benzene rings is 1. The number of rotatable bonds is 6. The van der Waals surface area contributed by atoms with E-state index in [9.17, 15) is 0 Å². The molecular weight excluding hydrogens is 338 g/mol. The number of hydrogen-bond acceptors (Lipinski definition) is 6. The van der Waals surface area contributed by atoms with E-state index in [0.29, 0.717) is 6.04 Å². The second kappa shape index (κ2) is 7.32. The van der Waals surface area contributed by atoms with Crippen LogP contribution >= 0.6 is 22.7 Å². The van der Waals surface area contributed by atoms with Crippen molar-refractivity contribution in [1.82, 2.24) is 9.97 Å². The third-order valence-electron chi connectivity index (χ3n) is 3.53. The van der Waals surface area contributed by atoms with Crippen molar-refractivity contribution in [2.45, 2.75) is 33.2 Å². The van der Waals surface area contributed by atoms with E-state index in [4.69, 9.17) is 9.72 Å². The topological polar surface area (TPSA) is 47.0 Å². The van der Waals surface area contributed by atoms with Gasteiger partial charge in [0.2, 0.25) is 0 Å². The maximum atomic E-state index is 5.43. The monoisotopic (exact) mass is 359 g/mol. The molecule has 1 aromatic carbocycles. The molecule has 0 fully saturated rings. The smallest absolute Gasteiger partial charge is 0.183 e. The normalized spacial score (nSPS) is 11.0. The number of thiazole rings is 2. The number of para-hydroxylation sites is 1. The summed E-state index contributed by atoms with van der Waals surface area (Å²) in [7, 11) is 1.70. The van der Waals surface area contributed by atoms with Crippen molar-refractivity contribution in [3.63, 3.8) is 0 Å². The van der Waals surface area contributed by atoms with Crippen LogP contribution in [0.15, 0.2) is 29.6 Å². The highest BCUT2D eigenvalue weighted by atomic mass is 32.1. The molecule has 0 saturated carbocycles. The second-order valence-corrected chi connectivity index (χ2v) is 7.79. The Balaban J connectivity index is 1.82. The van der Waals surface area contributed by atoms with Crippen molar-refractivity contribution in [3.05, 3.63) is 45.9 Å². The van der Waals surface area contributed by atoms with Crippen LogP contribution in [-0.4, -0.2) is 23.1 Å². The Kier molecular flexibility index (Phi) is 5.16. The van der Waals surface area contributed by atoms with Crippen LogP contribution in [0.1, 0.15) is 30.1 Å². The first-order valence-corrected chi connectivity index (χ1v) is 9.57. The van der Waals surface area contributed by atoms with Crippen LogP contribution in [0.25, 0.3) is 10.6 Å². The highest BCUT2D eigenvalue weighted by Crippen LogP contribution is 2.34. The van der Waals surface area contributed by atoms with Crippen LogP contribution in [0.4, 0.5) is 5.13 Å². The first-order chi connectivity index (χ1) is 11.6. The molecule has 3 aromatic rings. The fourth-order valence-corrected chi connectivity index (χ4v) is 4.41. The van der Waals surface area contributed by atoms with Crippen LogP contribution in [0.3, 0.4) is 0 Å². The molecule has 2 heterocycles. The molecule has 6 heteroatoms. The number of aromatic nitrogens is 2. The summed E-state index contributed by atoms with van der Waals surface area (Å²) in [6, 6.07) is 8.46. The van der Waals surface area contributed by atoms with Crippen molar-refractivity contribution in [1.29, 1.82) is 0 Å². The van der Waals surface area contributed by atoms with Gasteiger partial charge in [-0.25, -0.2) is 9.97 Å². The number of methoxy groups -OCH3 is 1. The molecule has 0 amide bonds. The van der Waals surface area contributed by atoms with Crippen molar-refractivity contribution in [2.75, 3.05) is 12.4 Å². The Labute approximate surface area is 150 Å². The maximum absolute atomic E-state index is 5.43. The molecule has 24 heavy (non-hydrogen) atoms. The van der Waals surface area contributed by atoms with Crippen LogP contribution in [0.5, 0.6) is 5.75 Å². The van der Waals surface area contributed by atoms with Crippen molar-refractivity contribution in [2.24, 2.45) is 0 Å². The zero-order valence-electron chi connectivity index (χ0n) is 14.3. The van der Waals surface area contributed by atoms with E-state index in [0.717, 1.165) is 44.1 Å². The van der Waals surface area contributed by atoms with Crippen molar-refractivity contribution < 1.29 is 4.74 Å². The fraction of sp³-hybridized carbons (Fsp3) is 0.333. The average Bonchev–Trinajstić information content (AvgIpc) is 3.14. The number of anilines is 1.